The monoisotopic (exact) mass is 444 g/mol. The zero-order valence-corrected chi connectivity index (χ0v) is 16.6. The Bertz CT molecular complexity index is 1040. The lowest BCUT2D eigenvalue weighted by molar-refractivity contribution is -0.123. The Kier molecular flexibility index (Phi) is 7.29. The van der Waals surface area contributed by atoms with Gasteiger partial charge in [-0.25, -0.2) is 18.4 Å². The summed E-state index contributed by atoms with van der Waals surface area (Å²) in [4.78, 5) is 24.1. The fourth-order valence-electron chi connectivity index (χ4n) is 2.31. The standard InChI is InChI=1S/C18H18F2N2O7S/c1-10(16(23)22-12-5-3-4-6-13(12)29-18(19)20)28-17(24)11-7-8-14(27-2)15(9-11)30(21,25)26/h3-10,18H,1-2H3,(H,22,23)(H2,21,25,26)/t10-/m1/s1. The van der Waals surface area contributed by atoms with Gasteiger partial charge in [0.05, 0.1) is 18.4 Å². The molecule has 1 amide bonds. The number of nitrogens with two attached hydrogens (primary N) is 1. The molecule has 0 aromatic heterocycles. The molecule has 162 valence electrons. The van der Waals surface area contributed by atoms with Gasteiger partial charge >= 0.3 is 12.6 Å². The molecule has 3 N–H and O–H groups in total. The smallest absolute Gasteiger partial charge is 0.387 e. The minimum absolute atomic E-state index is 0.0494. The SMILES string of the molecule is COc1ccc(C(=O)O[C@H](C)C(=O)Nc2ccccc2OC(F)F)cc1S(N)(=O)=O. The van der Waals surface area contributed by atoms with Crippen LogP contribution in [0.1, 0.15) is 17.3 Å². The fourth-order valence-corrected chi connectivity index (χ4v) is 3.03. The van der Waals surface area contributed by atoms with Crippen LogP contribution in [-0.4, -0.2) is 40.1 Å². The molecule has 0 aliphatic rings. The molecule has 0 spiro atoms. The van der Waals surface area contributed by atoms with Crippen molar-refractivity contribution >= 4 is 27.6 Å². The summed E-state index contributed by atoms with van der Waals surface area (Å²) in [6.07, 6.45) is -1.35. The van der Waals surface area contributed by atoms with E-state index >= 15 is 0 Å². The summed E-state index contributed by atoms with van der Waals surface area (Å²) < 4.78 is 62.4. The first-order valence-corrected chi connectivity index (χ1v) is 9.84. The van der Waals surface area contributed by atoms with Crippen molar-refractivity contribution in [1.82, 2.24) is 0 Å². The summed E-state index contributed by atoms with van der Waals surface area (Å²) in [5.41, 5.74) is -0.243. The van der Waals surface area contributed by atoms with Crippen molar-refractivity contribution < 1.29 is 41.0 Å². The van der Waals surface area contributed by atoms with E-state index in [1.807, 2.05) is 0 Å². The van der Waals surface area contributed by atoms with E-state index in [-0.39, 0.29) is 22.7 Å². The summed E-state index contributed by atoms with van der Waals surface area (Å²) in [7, 11) is -2.96. The number of nitrogens with one attached hydrogen (secondary N) is 1. The van der Waals surface area contributed by atoms with E-state index < -0.39 is 39.5 Å². The number of carbonyl (C=O) groups is 2. The van der Waals surface area contributed by atoms with Gasteiger partial charge in [-0.2, -0.15) is 8.78 Å². The maximum Gasteiger partial charge on any atom is 0.387 e. The number of rotatable bonds is 8. The Morgan fingerprint density at radius 3 is 2.37 bits per heavy atom. The molecular formula is C18H18F2N2O7S. The zero-order valence-electron chi connectivity index (χ0n) is 15.8. The van der Waals surface area contributed by atoms with Gasteiger partial charge in [0, 0.05) is 0 Å². The van der Waals surface area contributed by atoms with Crippen molar-refractivity contribution in [2.24, 2.45) is 5.14 Å². The van der Waals surface area contributed by atoms with E-state index in [4.69, 9.17) is 14.6 Å². The zero-order chi connectivity index (χ0) is 22.5. The number of amides is 1. The van der Waals surface area contributed by atoms with Crippen LogP contribution in [0.25, 0.3) is 0 Å². The van der Waals surface area contributed by atoms with E-state index in [0.717, 1.165) is 6.07 Å². The van der Waals surface area contributed by atoms with Crippen molar-refractivity contribution in [3.63, 3.8) is 0 Å². The third kappa shape index (κ3) is 5.87. The van der Waals surface area contributed by atoms with E-state index in [0.29, 0.717) is 0 Å². The molecule has 0 heterocycles. The number of ether oxygens (including phenoxy) is 3. The maximum atomic E-state index is 12.5. The Morgan fingerprint density at radius 2 is 1.77 bits per heavy atom. The van der Waals surface area contributed by atoms with Crippen molar-refractivity contribution in [2.75, 3.05) is 12.4 Å². The number of hydrogen-bond acceptors (Lipinski definition) is 7. The number of esters is 1. The molecule has 0 aliphatic carbocycles. The highest BCUT2D eigenvalue weighted by molar-refractivity contribution is 7.89. The number of alkyl halides is 2. The van der Waals surface area contributed by atoms with Gasteiger partial charge in [0.25, 0.3) is 5.91 Å². The lowest BCUT2D eigenvalue weighted by Gasteiger charge is -2.16. The number of para-hydroxylation sites is 2. The average Bonchev–Trinajstić information content (AvgIpc) is 2.67. The second-order valence-corrected chi connectivity index (χ2v) is 7.35. The molecule has 0 fully saturated rings. The van der Waals surface area contributed by atoms with Crippen molar-refractivity contribution in [3.05, 3.63) is 48.0 Å². The summed E-state index contributed by atoms with van der Waals surface area (Å²) in [6, 6.07) is 8.86. The van der Waals surface area contributed by atoms with Crippen LogP contribution < -0.4 is 19.9 Å². The molecule has 0 bridgehead atoms. The molecule has 0 saturated carbocycles. The average molecular weight is 444 g/mol. The third-order valence-corrected chi connectivity index (χ3v) is 4.65. The van der Waals surface area contributed by atoms with Crippen LogP contribution in [0.2, 0.25) is 0 Å². The number of primary sulfonamides is 1. The first-order valence-electron chi connectivity index (χ1n) is 8.29. The van der Waals surface area contributed by atoms with Gasteiger partial charge in [0.15, 0.2) is 6.10 Å². The van der Waals surface area contributed by atoms with Gasteiger partial charge in [-0.3, -0.25) is 4.79 Å². The maximum absolute atomic E-state index is 12.5. The van der Waals surface area contributed by atoms with Gasteiger partial charge in [-0.15, -0.1) is 0 Å². The minimum Gasteiger partial charge on any atom is -0.495 e. The molecule has 9 nitrogen and oxygen atoms in total. The highest BCUT2D eigenvalue weighted by atomic mass is 32.2. The predicted molar refractivity (Wildman–Crippen MR) is 101 cm³/mol. The van der Waals surface area contributed by atoms with Gasteiger partial charge in [-0.1, -0.05) is 12.1 Å². The highest BCUT2D eigenvalue weighted by Crippen LogP contribution is 2.26. The number of methoxy groups -OCH3 is 1. The van der Waals surface area contributed by atoms with Crippen LogP contribution in [0.15, 0.2) is 47.4 Å². The minimum atomic E-state index is -4.19. The number of carbonyl (C=O) groups excluding carboxylic acids is 2. The van der Waals surface area contributed by atoms with E-state index in [1.165, 1.54) is 50.4 Å². The lowest BCUT2D eigenvalue weighted by atomic mass is 10.2. The molecule has 2 rings (SSSR count). The number of hydrogen-bond donors (Lipinski definition) is 2. The van der Waals surface area contributed by atoms with Gasteiger partial charge in [0.1, 0.15) is 16.4 Å². The molecule has 1 atom stereocenters. The fraction of sp³-hybridized carbons (Fsp3) is 0.222. The van der Waals surface area contributed by atoms with Crippen molar-refractivity contribution in [1.29, 1.82) is 0 Å². The summed E-state index contributed by atoms with van der Waals surface area (Å²) in [6.45, 7) is -1.85. The second kappa shape index (κ2) is 9.50. The number of anilines is 1. The summed E-state index contributed by atoms with van der Waals surface area (Å²) >= 11 is 0. The van der Waals surface area contributed by atoms with E-state index in [2.05, 4.69) is 10.1 Å². The lowest BCUT2D eigenvalue weighted by Crippen LogP contribution is -2.30. The molecule has 30 heavy (non-hydrogen) atoms. The molecule has 2 aromatic rings. The normalized spacial score (nSPS) is 12.2. The molecule has 12 heteroatoms. The van der Waals surface area contributed by atoms with Gasteiger partial charge < -0.3 is 19.5 Å². The van der Waals surface area contributed by atoms with Crippen molar-refractivity contribution in [3.8, 4) is 11.5 Å². The molecule has 0 aliphatic heterocycles. The topological polar surface area (TPSA) is 134 Å². The van der Waals surface area contributed by atoms with E-state index in [1.54, 1.807) is 0 Å². The molecule has 0 saturated heterocycles. The van der Waals surface area contributed by atoms with Crippen LogP contribution in [0.5, 0.6) is 11.5 Å². The predicted octanol–water partition coefficient (Wildman–Crippen LogP) is 2.13. The first-order chi connectivity index (χ1) is 14.0. The Morgan fingerprint density at radius 1 is 1.10 bits per heavy atom. The van der Waals surface area contributed by atoms with Crippen molar-refractivity contribution in [2.45, 2.75) is 24.5 Å². The molecule has 2 aromatic carbocycles. The molecule has 0 radical (unpaired) electrons. The Balaban J connectivity index is 2.14. The third-order valence-electron chi connectivity index (χ3n) is 3.72. The summed E-state index contributed by atoms with van der Waals surface area (Å²) in [5.74, 6) is -2.18. The largest absolute Gasteiger partial charge is 0.495 e. The Labute approximate surface area is 170 Å². The van der Waals surface area contributed by atoms with Crippen LogP contribution in [0.4, 0.5) is 14.5 Å². The molecular weight excluding hydrogens is 426 g/mol. The summed E-state index contributed by atoms with van der Waals surface area (Å²) in [5, 5.41) is 7.41. The quantitative estimate of drug-likeness (QED) is 0.596. The van der Waals surface area contributed by atoms with Gasteiger partial charge in [-0.05, 0) is 37.3 Å². The number of sulfonamides is 1. The molecule has 0 unspecified atom stereocenters. The highest BCUT2D eigenvalue weighted by Gasteiger charge is 2.23. The number of benzene rings is 2. The second-order valence-electron chi connectivity index (χ2n) is 5.82. The van der Waals surface area contributed by atoms with Crippen LogP contribution >= 0.6 is 0 Å². The van der Waals surface area contributed by atoms with Gasteiger partial charge in [0.2, 0.25) is 10.0 Å². The van der Waals surface area contributed by atoms with E-state index in [9.17, 15) is 26.8 Å². The van der Waals surface area contributed by atoms with Crippen LogP contribution in [0.3, 0.4) is 0 Å². The number of halogens is 2. The van der Waals surface area contributed by atoms with Crippen LogP contribution in [-0.2, 0) is 19.6 Å². The first kappa shape index (κ1) is 23.0. The Hall–Kier alpha value is -3.25. The van der Waals surface area contributed by atoms with Crippen LogP contribution in [0, 0.1) is 0 Å².